The predicted octanol–water partition coefficient (Wildman–Crippen LogP) is 1.43. The number of para-hydroxylation sites is 1. The molecule has 0 aliphatic carbocycles. The van der Waals surface area contributed by atoms with Crippen LogP contribution in [0.4, 0.5) is 5.69 Å². The lowest BCUT2D eigenvalue weighted by Gasteiger charge is -2.09. The van der Waals surface area contributed by atoms with Gasteiger partial charge >= 0.3 is 0 Å². The minimum Gasteiger partial charge on any atom is -0.302 e. The fourth-order valence-corrected chi connectivity index (χ4v) is 0.973. The topological polar surface area (TPSA) is 55.4 Å². The summed E-state index contributed by atoms with van der Waals surface area (Å²) >= 11 is 0. The van der Waals surface area contributed by atoms with Gasteiger partial charge in [-0.25, -0.2) is 0 Å². The van der Waals surface area contributed by atoms with Crippen molar-refractivity contribution in [3.8, 4) is 0 Å². The van der Waals surface area contributed by atoms with Gasteiger partial charge in [-0.1, -0.05) is 18.2 Å². The molecule has 1 unspecified atom stereocenters. The third-order valence-electron chi connectivity index (χ3n) is 1.91. The Kier molecular flexibility index (Phi) is 4.50. The third kappa shape index (κ3) is 3.91. The average molecular weight is 207 g/mol. The van der Waals surface area contributed by atoms with Gasteiger partial charge < -0.3 is 4.79 Å². The van der Waals surface area contributed by atoms with E-state index < -0.39 is 5.92 Å². The Hall–Kier alpha value is -1.68. The molecule has 15 heavy (non-hydrogen) atoms. The molecule has 0 aromatic heterocycles. The van der Waals surface area contributed by atoms with Gasteiger partial charge in [-0.2, -0.15) is 0 Å². The van der Waals surface area contributed by atoms with E-state index in [-0.39, 0.29) is 12.4 Å². The third-order valence-corrected chi connectivity index (χ3v) is 1.91. The Labute approximate surface area is 88.2 Å². The van der Waals surface area contributed by atoms with Crippen LogP contribution >= 0.6 is 0 Å². The molecule has 0 amide bonds. The van der Waals surface area contributed by atoms with E-state index in [0.29, 0.717) is 6.29 Å². The number of Topliss-reactive ketones (excluding diaryl/α,β-unsaturated/α-hetero) is 1. The lowest BCUT2D eigenvalue weighted by molar-refractivity contribution is -0.127. The first kappa shape index (κ1) is 11.4. The van der Waals surface area contributed by atoms with Gasteiger partial charge in [0.05, 0.1) is 18.2 Å². The monoisotopic (exact) mass is 207 g/mol. The molecular formula is C11H13NO3. The Balaban J connectivity index is 2.33. The molecule has 0 radical (unpaired) electrons. The van der Waals surface area contributed by atoms with Crippen LogP contribution in [0, 0.1) is 5.92 Å². The van der Waals surface area contributed by atoms with Gasteiger partial charge in [0.2, 0.25) is 0 Å². The molecule has 0 aliphatic heterocycles. The van der Waals surface area contributed by atoms with E-state index in [2.05, 4.69) is 5.48 Å². The number of hydrogen-bond donors (Lipinski definition) is 1. The van der Waals surface area contributed by atoms with Crippen LogP contribution in [0.25, 0.3) is 0 Å². The molecule has 0 aliphatic rings. The summed E-state index contributed by atoms with van der Waals surface area (Å²) in [7, 11) is 0. The van der Waals surface area contributed by atoms with Crippen molar-refractivity contribution >= 4 is 17.8 Å². The molecule has 0 spiro atoms. The number of benzene rings is 1. The van der Waals surface area contributed by atoms with E-state index in [0.717, 1.165) is 5.69 Å². The van der Waals surface area contributed by atoms with E-state index in [9.17, 15) is 9.59 Å². The summed E-state index contributed by atoms with van der Waals surface area (Å²) in [5, 5.41) is 0. The SMILES string of the molecule is CC(=O)C(C=O)CONc1ccccc1. The first-order chi connectivity index (χ1) is 7.24. The molecule has 4 heteroatoms. The molecule has 0 heterocycles. The van der Waals surface area contributed by atoms with Crippen LogP contribution in [0.1, 0.15) is 6.92 Å². The number of ketones is 1. The van der Waals surface area contributed by atoms with Crippen molar-refractivity contribution in [1.82, 2.24) is 0 Å². The smallest absolute Gasteiger partial charge is 0.142 e. The molecule has 1 atom stereocenters. The van der Waals surface area contributed by atoms with Crippen LogP contribution in [0.2, 0.25) is 0 Å². The molecule has 0 saturated carbocycles. The number of nitrogens with one attached hydrogen (secondary N) is 1. The Bertz CT molecular complexity index is 324. The highest BCUT2D eigenvalue weighted by atomic mass is 16.6. The van der Waals surface area contributed by atoms with E-state index in [1.165, 1.54) is 6.92 Å². The van der Waals surface area contributed by atoms with Crippen molar-refractivity contribution < 1.29 is 14.4 Å². The average Bonchev–Trinajstić information content (AvgIpc) is 2.25. The van der Waals surface area contributed by atoms with Crippen LogP contribution in [0.5, 0.6) is 0 Å². The summed E-state index contributed by atoms with van der Waals surface area (Å²) in [6.07, 6.45) is 0.592. The number of carbonyl (C=O) groups is 2. The predicted molar refractivity (Wildman–Crippen MR) is 56.3 cm³/mol. The highest BCUT2D eigenvalue weighted by Crippen LogP contribution is 2.05. The second-order valence-electron chi connectivity index (χ2n) is 3.13. The summed E-state index contributed by atoms with van der Waals surface area (Å²) in [6.45, 7) is 1.42. The lowest BCUT2D eigenvalue weighted by atomic mass is 10.1. The molecule has 0 bridgehead atoms. The Morgan fingerprint density at radius 2 is 2.13 bits per heavy atom. The van der Waals surface area contributed by atoms with Crippen LogP contribution in [-0.4, -0.2) is 18.7 Å². The lowest BCUT2D eigenvalue weighted by Crippen LogP contribution is -2.20. The maximum absolute atomic E-state index is 10.9. The van der Waals surface area contributed by atoms with Crippen LogP contribution in [0.3, 0.4) is 0 Å². The van der Waals surface area contributed by atoms with Gasteiger partial charge in [0.25, 0.3) is 0 Å². The number of carbonyl (C=O) groups excluding carboxylic acids is 2. The molecule has 1 N–H and O–H groups in total. The largest absolute Gasteiger partial charge is 0.302 e. The molecule has 1 aromatic rings. The molecular weight excluding hydrogens is 194 g/mol. The van der Waals surface area contributed by atoms with Crippen LogP contribution in [-0.2, 0) is 14.4 Å². The van der Waals surface area contributed by atoms with E-state index >= 15 is 0 Å². The molecule has 80 valence electrons. The van der Waals surface area contributed by atoms with Gasteiger partial charge in [-0.05, 0) is 19.1 Å². The molecule has 1 aromatic carbocycles. The summed E-state index contributed by atoms with van der Waals surface area (Å²) in [5.41, 5.74) is 3.44. The zero-order valence-corrected chi connectivity index (χ0v) is 8.47. The quantitative estimate of drug-likeness (QED) is 0.435. The van der Waals surface area contributed by atoms with Crippen molar-refractivity contribution in [2.24, 2.45) is 5.92 Å². The van der Waals surface area contributed by atoms with E-state index in [1.807, 2.05) is 30.3 Å². The second-order valence-corrected chi connectivity index (χ2v) is 3.13. The van der Waals surface area contributed by atoms with Crippen molar-refractivity contribution in [2.75, 3.05) is 12.1 Å². The van der Waals surface area contributed by atoms with Gasteiger partial charge in [0.15, 0.2) is 0 Å². The second kappa shape index (κ2) is 5.93. The maximum atomic E-state index is 10.9. The zero-order valence-electron chi connectivity index (χ0n) is 8.47. The summed E-state index contributed by atoms with van der Waals surface area (Å²) < 4.78 is 0. The Morgan fingerprint density at radius 1 is 1.47 bits per heavy atom. The van der Waals surface area contributed by atoms with Crippen molar-refractivity contribution in [3.05, 3.63) is 30.3 Å². The van der Waals surface area contributed by atoms with Gasteiger partial charge in [-0.3, -0.25) is 15.1 Å². The van der Waals surface area contributed by atoms with Crippen LogP contribution < -0.4 is 5.48 Å². The van der Waals surface area contributed by atoms with E-state index in [4.69, 9.17) is 4.84 Å². The van der Waals surface area contributed by atoms with Gasteiger partial charge in [-0.15, -0.1) is 0 Å². The maximum Gasteiger partial charge on any atom is 0.142 e. The number of hydrogen-bond acceptors (Lipinski definition) is 4. The van der Waals surface area contributed by atoms with Crippen molar-refractivity contribution in [2.45, 2.75) is 6.92 Å². The summed E-state index contributed by atoms with van der Waals surface area (Å²) in [4.78, 5) is 26.4. The van der Waals surface area contributed by atoms with E-state index in [1.54, 1.807) is 0 Å². The number of aldehydes is 1. The highest BCUT2D eigenvalue weighted by molar-refractivity contribution is 5.91. The van der Waals surface area contributed by atoms with Gasteiger partial charge in [0, 0.05) is 0 Å². The molecule has 0 fully saturated rings. The minimum absolute atomic E-state index is 0.0493. The van der Waals surface area contributed by atoms with Gasteiger partial charge in [0.1, 0.15) is 12.1 Å². The Morgan fingerprint density at radius 3 is 2.67 bits per heavy atom. The first-order valence-electron chi connectivity index (χ1n) is 4.62. The fraction of sp³-hybridized carbons (Fsp3) is 0.273. The summed E-state index contributed by atoms with van der Waals surface area (Å²) in [6, 6.07) is 9.24. The number of anilines is 1. The number of rotatable bonds is 6. The summed E-state index contributed by atoms with van der Waals surface area (Å²) in [5.74, 6) is -0.888. The van der Waals surface area contributed by atoms with Crippen molar-refractivity contribution in [1.29, 1.82) is 0 Å². The minimum atomic E-state index is -0.693. The van der Waals surface area contributed by atoms with Crippen molar-refractivity contribution in [3.63, 3.8) is 0 Å². The molecule has 4 nitrogen and oxygen atoms in total. The first-order valence-corrected chi connectivity index (χ1v) is 4.62. The fourth-order valence-electron chi connectivity index (χ4n) is 0.973. The van der Waals surface area contributed by atoms with Crippen LogP contribution in [0.15, 0.2) is 30.3 Å². The molecule has 0 saturated heterocycles. The standard InChI is InChI=1S/C11H13NO3/c1-9(14)10(7-13)8-15-12-11-5-3-2-4-6-11/h2-7,10,12H,8H2,1H3. The molecule has 1 rings (SSSR count). The zero-order chi connectivity index (χ0) is 11.1. The normalized spacial score (nSPS) is 11.8. The highest BCUT2D eigenvalue weighted by Gasteiger charge is 2.12.